The number of hydrogen-bond acceptors (Lipinski definition) is 3. The Bertz CT molecular complexity index is 497. The molecule has 0 saturated carbocycles. The largest absolute Gasteiger partial charge is 0.382 e. The van der Waals surface area contributed by atoms with Crippen LogP contribution in [-0.2, 0) is 15.6 Å². The average molecular weight is 301 g/mol. The topological polar surface area (TPSA) is 58.2 Å². The molecule has 0 spiro atoms. The van der Waals surface area contributed by atoms with E-state index in [4.69, 9.17) is 11.6 Å². The molecule has 0 unspecified atom stereocenters. The summed E-state index contributed by atoms with van der Waals surface area (Å²) in [5.74, 6) is 1.38. The first-order chi connectivity index (χ1) is 9.04. The fourth-order valence-electron chi connectivity index (χ4n) is 2.07. The fraction of sp³-hybridized carbons (Fsp3) is 0.462. The minimum absolute atomic E-state index is 0.141. The number of halogens is 1. The van der Waals surface area contributed by atoms with E-state index in [2.05, 4.69) is 10.6 Å². The molecule has 1 aromatic rings. The van der Waals surface area contributed by atoms with Crippen LogP contribution in [0.3, 0.4) is 0 Å². The van der Waals surface area contributed by atoms with Crippen LogP contribution in [0.4, 0.5) is 11.4 Å². The monoisotopic (exact) mass is 300 g/mol. The smallest absolute Gasteiger partial charge is 0.221 e. The summed E-state index contributed by atoms with van der Waals surface area (Å²) in [5, 5.41) is 6.58. The summed E-state index contributed by atoms with van der Waals surface area (Å²) >= 11 is 6.11. The molecule has 104 valence electrons. The average Bonchev–Trinajstić information content (AvgIpc) is 2.35. The number of nitrogens with one attached hydrogen (secondary N) is 2. The third-order valence-corrected chi connectivity index (χ3v) is 4.73. The van der Waals surface area contributed by atoms with Crippen LogP contribution in [0.25, 0.3) is 0 Å². The Morgan fingerprint density at radius 3 is 2.63 bits per heavy atom. The van der Waals surface area contributed by atoms with E-state index in [-0.39, 0.29) is 5.91 Å². The van der Waals surface area contributed by atoms with Gasteiger partial charge in [0.2, 0.25) is 5.91 Å². The van der Waals surface area contributed by atoms with Crippen LogP contribution in [-0.4, -0.2) is 27.7 Å². The van der Waals surface area contributed by atoms with Crippen molar-refractivity contribution in [3.63, 3.8) is 0 Å². The van der Waals surface area contributed by atoms with Crippen molar-refractivity contribution in [2.24, 2.45) is 0 Å². The summed E-state index contributed by atoms with van der Waals surface area (Å²) in [6.07, 6.45) is 1.83. The van der Waals surface area contributed by atoms with Crippen LogP contribution < -0.4 is 10.6 Å². The normalized spacial score (nSPS) is 22.8. The van der Waals surface area contributed by atoms with E-state index in [1.54, 1.807) is 12.1 Å². The van der Waals surface area contributed by atoms with Gasteiger partial charge in [-0.1, -0.05) is 11.6 Å². The standard InChI is InChI=1S/C13H17ClN2O2S/c1-9(17)15-13-3-2-11(8-12(13)14)16-10-4-6-19(18)7-5-10/h2-3,8,10,16H,4-7H2,1H3,(H,15,17). The summed E-state index contributed by atoms with van der Waals surface area (Å²) in [6, 6.07) is 5.83. The molecule has 1 aromatic carbocycles. The lowest BCUT2D eigenvalue weighted by Gasteiger charge is -2.23. The van der Waals surface area contributed by atoms with Gasteiger partial charge in [-0.25, -0.2) is 0 Å². The van der Waals surface area contributed by atoms with Gasteiger partial charge in [-0.05, 0) is 31.0 Å². The molecule has 0 atom stereocenters. The van der Waals surface area contributed by atoms with Gasteiger partial charge in [0.1, 0.15) is 0 Å². The molecule has 1 saturated heterocycles. The van der Waals surface area contributed by atoms with Crippen LogP contribution in [0.5, 0.6) is 0 Å². The van der Waals surface area contributed by atoms with Crippen molar-refractivity contribution in [3.05, 3.63) is 23.2 Å². The predicted octanol–water partition coefficient (Wildman–Crippen LogP) is 2.62. The van der Waals surface area contributed by atoms with Crippen LogP contribution in [0.15, 0.2) is 18.2 Å². The van der Waals surface area contributed by atoms with Crippen molar-refractivity contribution in [2.75, 3.05) is 22.1 Å². The fourth-order valence-corrected chi connectivity index (χ4v) is 3.60. The molecule has 1 amide bonds. The Morgan fingerprint density at radius 2 is 2.05 bits per heavy atom. The minimum Gasteiger partial charge on any atom is -0.382 e. The SMILES string of the molecule is CC(=O)Nc1ccc(NC2CCS(=O)CC2)cc1Cl. The number of hydrogen-bond donors (Lipinski definition) is 2. The first-order valence-corrected chi connectivity index (χ1v) is 8.10. The first-order valence-electron chi connectivity index (χ1n) is 6.23. The van der Waals surface area contributed by atoms with Gasteiger partial charge in [-0.2, -0.15) is 0 Å². The Labute approximate surface area is 120 Å². The van der Waals surface area contributed by atoms with Crippen LogP contribution in [0, 0.1) is 0 Å². The molecule has 1 fully saturated rings. The maximum Gasteiger partial charge on any atom is 0.221 e. The maximum atomic E-state index is 11.3. The van der Waals surface area contributed by atoms with Crippen molar-refractivity contribution in [3.8, 4) is 0 Å². The molecule has 1 aliphatic heterocycles. The molecular weight excluding hydrogens is 284 g/mol. The second kappa shape index (κ2) is 6.39. The third-order valence-electron chi connectivity index (χ3n) is 3.04. The van der Waals surface area contributed by atoms with Gasteiger partial charge in [0.15, 0.2) is 0 Å². The molecule has 2 rings (SSSR count). The van der Waals surface area contributed by atoms with Crippen molar-refractivity contribution in [1.82, 2.24) is 0 Å². The summed E-state index contributed by atoms with van der Waals surface area (Å²) in [4.78, 5) is 11.0. The van der Waals surface area contributed by atoms with Gasteiger partial charge in [-0.3, -0.25) is 9.00 Å². The molecule has 1 aliphatic rings. The highest BCUT2D eigenvalue weighted by molar-refractivity contribution is 7.85. The second-order valence-corrected chi connectivity index (χ2v) is 6.75. The molecule has 0 aliphatic carbocycles. The molecule has 0 radical (unpaired) electrons. The van der Waals surface area contributed by atoms with Crippen molar-refractivity contribution >= 4 is 39.7 Å². The van der Waals surface area contributed by atoms with E-state index >= 15 is 0 Å². The zero-order valence-corrected chi connectivity index (χ0v) is 12.3. The number of amides is 1. The maximum absolute atomic E-state index is 11.3. The van der Waals surface area contributed by atoms with E-state index in [1.807, 2.05) is 6.07 Å². The van der Waals surface area contributed by atoms with E-state index in [0.717, 1.165) is 30.0 Å². The molecule has 2 N–H and O–H groups in total. The van der Waals surface area contributed by atoms with Crippen molar-refractivity contribution < 1.29 is 9.00 Å². The van der Waals surface area contributed by atoms with Gasteiger partial charge in [0, 0.05) is 41.0 Å². The highest BCUT2D eigenvalue weighted by Gasteiger charge is 2.17. The van der Waals surface area contributed by atoms with Gasteiger partial charge < -0.3 is 10.6 Å². The van der Waals surface area contributed by atoms with Gasteiger partial charge >= 0.3 is 0 Å². The van der Waals surface area contributed by atoms with Crippen LogP contribution in [0.1, 0.15) is 19.8 Å². The molecular formula is C13H17ClN2O2S. The number of carbonyl (C=O) groups is 1. The number of rotatable bonds is 3. The zero-order valence-electron chi connectivity index (χ0n) is 10.7. The minimum atomic E-state index is -0.647. The first kappa shape index (κ1) is 14.3. The number of benzene rings is 1. The lowest BCUT2D eigenvalue weighted by atomic mass is 10.1. The second-order valence-electron chi connectivity index (χ2n) is 4.64. The molecule has 4 nitrogen and oxygen atoms in total. The molecule has 0 bridgehead atoms. The lowest BCUT2D eigenvalue weighted by Crippen LogP contribution is -2.29. The van der Waals surface area contributed by atoms with Gasteiger partial charge in [0.25, 0.3) is 0 Å². The van der Waals surface area contributed by atoms with Crippen molar-refractivity contribution in [1.29, 1.82) is 0 Å². The van der Waals surface area contributed by atoms with Crippen LogP contribution >= 0.6 is 11.6 Å². The summed E-state index contributed by atoms with van der Waals surface area (Å²) < 4.78 is 11.3. The summed E-state index contributed by atoms with van der Waals surface area (Å²) in [5.41, 5.74) is 1.54. The van der Waals surface area contributed by atoms with Gasteiger partial charge in [0.05, 0.1) is 10.7 Å². The molecule has 1 heterocycles. The van der Waals surface area contributed by atoms with Gasteiger partial charge in [-0.15, -0.1) is 0 Å². The molecule has 19 heavy (non-hydrogen) atoms. The summed E-state index contributed by atoms with van der Waals surface area (Å²) in [7, 11) is -0.647. The van der Waals surface area contributed by atoms with Crippen molar-refractivity contribution in [2.45, 2.75) is 25.8 Å². The molecule has 0 aromatic heterocycles. The Kier molecular flexibility index (Phi) is 4.82. The zero-order chi connectivity index (χ0) is 13.8. The molecule has 6 heteroatoms. The Hall–Kier alpha value is -1.07. The lowest BCUT2D eigenvalue weighted by molar-refractivity contribution is -0.114. The van der Waals surface area contributed by atoms with E-state index in [0.29, 0.717) is 16.8 Å². The highest BCUT2D eigenvalue weighted by atomic mass is 35.5. The summed E-state index contributed by atoms with van der Waals surface area (Å²) in [6.45, 7) is 1.45. The van der Waals surface area contributed by atoms with E-state index in [1.165, 1.54) is 6.92 Å². The quantitative estimate of drug-likeness (QED) is 0.902. The third kappa shape index (κ3) is 4.21. The number of anilines is 2. The Balaban J connectivity index is 1.99. The predicted molar refractivity (Wildman–Crippen MR) is 80.3 cm³/mol. The van der Waals surface area contributed by atoms with E-state index < -0.39 is 10.8 Å². The number of carbonyl (C=O) groups excluding carboxylic acids is 1. The Morgan fingerprint density at radius 1 is 1.37 bits per heavy atom. The van der Waals surface area contributed by atoms with Crippen LogP contribution in [0.2, 0.25) is 5.02 Å². The highest BCUT2D eigenvalue weighted by Crippen LogP contribution is 2.26. The van der Waals surface area contributed by atoms with E-state index in [9.17, 15) is 9.00 Å².